The lowest BCUT2D eigenvalue weighted by atomic mass is 10.0. The fourth-order valence-corrected chi connectivity index (χ4v) is 4.49. The van der Waals surface area contributed by atoms with Gasteiger partial charge in [0.15, 0.2) is 5.69 Å². The fourth-order valence-electron chi connectivity index (χ4n) is 3.51. The Morgan fingerprint density at radius 3 is 2.88 bits per heavy atom. The van der Waals surface area contributed by atoms with E-state index in [1.165, 1.54) is 10.9 Å². The van der Waals surface area contributed by atoms with E-state index in [1.54, 1.807) is 11.3 Å². The molecule has 7 nitrogen and oxygen atoms in total. The van der Waals surface area contributed by atoms with Gasteiger partial charge in [0.2, 0.25) is 5.91 Å². The van der Waals surface area contributed by atoms with Crippen molar-refractivity contribution >= 4 is 23.2 Å². The third-order valence-corrected chi connectivity index (χ3v) is 6.02. The Bertz CT molecular complexity index is 766. The average molecular weight is 346 g/mol. The zero-order chi connectivity index (χ0) is 16.7. The number of likely N-dealkylation sites (tertiary alicyclic amines) is 1. The molecule has 1 saturated heterocycles. The summed E-state index contributed by atoms with van der Waals surface area (Å²) in [7, 11) is 0. The molecule has 1 unspecified atom stereocenters. The highest BCUT2D eigenvalue weighted by Gasteiger charge is 2.55. The number of carbonyl (C=O) groups excluding carboxylic acids is 1. The third kappa shape index (κ3) is 2.50. The van der Waals surface area contributed by atoms with E-state index in [9.17, 15) is 9.59 Å². The predicted octanol–water partition coefficient (Wildman–Crippen LogP) is 1.76. The van der Waals surface area contributed by atoms with E-state index in [-0.39, 0.29) is 23.1 Å². The van der Waals surface area contributed by atoms with E-state index in [0.29, 0.717) is 6.54 Å². The number of aromatic carboxylic acids is 1. The SMILES string of the molecule is O=C(O)c1cn(CC2CCCN2C(=O)C2(c3cccs3)CC2)nn1. The first kappa shape index (κ1) is 15.3. The highest BCUT2D eigenvalue weighted by Crippen LogP contribution is 2.52. The molecule has 3 heterocycles. The molecule has 4 rings (SSSR count). The number of thiophene rings is 1. The fraction of sp³-hybridized carbons (Fsp3) is 0.500. The number of nitrogens with zero attached hydrogens (tertiary/aromatic N) is 4. The number of carbonyl (C=O) groups is 2. The first-order valence-electron chi connectivity index (χ1n) is 8.09. The van der Waals surface area contributed by atoms with Gasteiger partial charge in [0.1, 0.15) is 0 Å². The van der Waals surface area contributed by atoms with Crippen LogP contribution in [0.3, 0.4) is 0 Å². The van der Waals surface area contributed by atoms with Gasteiger partial charge < -0.3 is 10.0 Å². The van der Waals surface area contributed by atoms with Crippen LogP contribution in [0.1, 0.15) is 41.0 Å². The molecule has 24 heavy (non-hydrogen) atoms. The van der Waals surface area contributed by atoms with Gasteiger partial charge in [-0.2, -0.15) is 0 Å². The summed E-state index contributed by atoms with van der Waals surface area (Å²) >= 11 is 1.65. The van der Waals surface area contributed by atoms with E-state index < -0.39 is 5.97 Å². The molecule has 1 N–H and O–H groups in total. The van der Waals surface area contributed by atoms with Crippen LogP contribution in [0.4, 0.5) is 0 Å². The van der Waals surface area contributed by atoms with Crippen molar-refractivity contribution in [3.63, 3.8) is 0 Å². The molecule has 2 aliphatic rings. The molecule has 2 aromatic rings. The van der Waals surface area contributed by atoms with Crippen molar-refractivity contribution in [3.05, 3.63) is 34.3 Å². The Kier molecular flexibility index (Phi) is 3.64. The van der Waals surface area contributed by atoms with Crippen LogP contribution in [0.15, 0.2) is 23.7 Å². The van der Waals surface area contributed by atoms with Crippen molar-refractivity contribution in [2.45, 2.75) is 43.7 Å². The summed E-state index contributed by atoms with van der Waals surface area (Å²) in [5.74, 6) is -0.874. The summed E-state index contributed by atoms with van der Waals surface area (Å²) < 4.78 is 1.53. The summed E-state index contributed by atoms with van der Waals surface area (Å²) in [5, 5.41) is 18.5. The van der Waals surface area contributed by atoms with E-state index >= 15 is 0 Å². The lowest BCUT2D eigenvalue weighted by Gasteiger charge is -2.28. The minimum absolute atomic E-state index is 0.0540. The Morgan fingerprint density at radius 1 is 1.42 bits per heavy atom. The molecule has 1 aliphatic heterocycles. The highest BCUT2D eigenvalue weighted by atomic mass is 32.1. The number of hydrogen-bond donors (Lipinski definition) is 1. The van der Waals surface area contributed by atoms with Crippen molar-refractivity contribution in [1.82, 2.24) is 19.9 Å². The quantitative estimate of drug-likeness (QED) is 0.891. The summed E-state index contributed by atoms with van der Waals surface area (Å²) in [6.07, 6.45) is 5.14. The predicted molar refractivity (Wildman–Crippen MR) is 86.9 cm³/mol. The van der Waals surface area contributed by atoms with Gasteiger partial charge in [-0.15, -0.1) is 16.4 Å². The minimum Gasteiger partial charge on any atom is -0.476 e. The second-order valence-corrected chi connectivity index (χ2v) is 7.43. The van der Waals surface area contributed by atoms with Crippen LogP contribution < -0.4 is 0 Å². The zero-order valence-corrected chi connectivity index (χ0v) is 13.9. The molecule has 0 spiro atoms. The molecule has 1 atom stereocenters. The van der Waals surface area contributed by atoms with Gasteiger partial charge in [-0.1, -0.05) is 11.3 Å². The normalized spacial score (nSPS) is 21.8. The van der Waals surface area contributed by atoms with E-state index in [2.05, 4.69) is 16.4 Å². The van der Waals surface area contributed by atoms with E-state index in [1.807, 2.05) is 16.3 Å². The largest absolute Gasteiger partial charge is 0.476 e. The Morgan fingerprint density at radius 2 is 2.25 bits per heavy atom. The maximum absolute atomic E-state index is 13.1. The molecule has 0 bridgehead atoms. The van der Waals surface area contributed by atoms with Gasteiger partial charge >= 0.3 is 5.97 Å². The third-order valence-electron chi connectivity index (χ3n) is 4.95. The van der Waals surface area contributed by atoms with Crippen molar-refractivity contribution in [2.24, 2.45) is 0 Å². The molecule has 0 aromatic carbocycles. The van der Waals surface area contributed by atoms with Crippen molar-refractivity contribution in [2.75, 3.05) is 6.54 Å². The lowest BCUT2D eigenvalue weighted by molar-refractivity contribution is -0.135. The smallest absolute Gasteiger partial charge is 0.358 e. The lowest BCUT2D eigenvalue weighted by Crippen LogP contribution is -2.43. The van der Waals surface area contributed by atoms with E-state index in [0.717, 1.165) is 37.1 Å². The molecule has 2 aromatic heterocycles. The van der Waals surface area contributed by atoms with Crippen LogP contribution in [0.2, 0.25) is 0 Å². The number of carboxylic acid groups (broad SMARTS) is 1. The average Bonchev–Trinajstić information content (AvgIpc) is 3.02. The molecule has 0 radical (unpaired) electrons. The second kappa shape index (κ2) is 5.70. The highest BCUT2D eigenvalue weighted by molar-refractivity contribution is 7.10. The summed E-state index contributed by atoms with van der Waals surface area (Å²) in [4.78, 5) is 27.2. The van der Waals surface area contributed by atoms with Crippen LogP contribution in [0.5, 0.6) is 0 Å². The van der Waals surface area contributed by atoms with Crippen molar-refractivity contribution in [1.29, 1.82) is 0 Å². The Labute approximate surface area is 142 Å². The summed E-state index contributed by atoms with van der Waals surface area (Å²) in [5.41, 5.74) is -0.381. The number of aromatic nitrogens is 3. The number of amides is 1. The van der Waals surface area contributed by atoms with Crippen LogP contribution >= 0.6 is 11.3 Å². The molecular weight excluding hydrogens is 328 g/mol. The molecule has 2 fully saturated rings. The molecular formula is C16H18N4O3S. The van der Waals surface area contributed by atoms with Gasteiger partial charge in [-0.25, -0.2) is 9.48 Å². The van der Waals surface area contributed by atoms with Gasteiger partial charge in [-0.05, 0) is 37.1 Å². The van der Waals surface area contributed by atoms with Gasteiger partial charge in [0.25, 0.3) is 0 Å². The Hall–Kier alpha value is -2.22. The Balaban J connectivity index is 1.50. The standard InChI is InChI=1S/C16H18N4O3S/c21-14(22)12-10-19(18-17-12)9-11-3-1-7-20(11)15(23)16(5-6-16)13-4-2-8-24-13/h2,4,8,10-11H,1,3,5-7,9H2,(H,21,22). The van der Waals surface area contributed by atoms with Gasteiger partial charge in [0.05, 0.1) is 24.2 Å². The maximum Gasteiger partial charge on any atom is 0.358 e. The van der Waals surface area contributed by atoms with Gasteiger partial charge in [-0.3, -0.25) is 4.79 Å². The second-order valence-electron chi connectivity index (χ2n) is 6.48. The summed E-state index contributed by atoms with van der Waals surface area (Å²) in [6.45, 7) is 1.25. The molecule has 1 amide bonds. The monoisotopic (exact) mass is 346 g/mol. The number of carboxylic acids is 1. The molecule has 1 saturated carbocycles. The maximum atomic E-state index is 13.1. The topological polar surface area (TPSA) is 88.3 Å². The summed E-state index contributed by atoms with van der Waals surface area (Å²) in [6, 6.07) is 4.10. The number of hydrogen-bond acceptors (Lipinski definition) is 5. The zero-order valence-electron chi connectivity index (χ0n) is 13.1. The van der Waals surface area contributed by atoms with Crippen LogP contribution in [0.25, 0.3) is 0 Å². The van der Waals surface area contributed by atoms with Crippen LogP contribution in [0, 0.1) is 0 Å². The first-order valence-corrected chi connectivity index (χ1v) is 8.97. The van der Waals surface area contributed by atoms with Crippen molar-refractivity contribution in [3.8, 4) is 0 Å². The van der Waals surface area contributed by atoms with Gasteiger partial charge in [0, 0.05) is 11.4 Å². The molecule has 8 heteroatoms. The molecule has 1 aliphatic carbocycles. The first-order chi connectivity index (χ1) is 11.6. The van der Waals surface area contributed by atoms with Crippen molar-refractivity contribution < 1.29 is 14.7 Å². The van der Waals surface area contributed by atoms with Crippen LogP contribution in [-0.2, 0) is 16.8 Å². The number of rotatable bonds is 5. The minimum atomic E-state index is -1.09. The molecule has 126 valence electrons. The van der Waals surface area contributed by atoms with E-state index in [4.69, 9.17) is 5.11 Å². The van der Waals surface area contributed by atoms with Crippen LogP contribution in [-0.4, -0.2) is 49.5 Å².